The Balaban J connectivity index is 0. The average molecular weight is 464 g/mol. The fraction of sp³-hybridized carbons (Fsp3) is 0.0952. The second-order valence-corrected chi connectivity index (χ2v) is 5.18. The predicted molar refractivity (Wildman–Crippen MR) is 113 cm³/mol. The molecule has 0 bridgehead atoms. The first-order valence-electron chi connectivity index (χ1n) is 7.46. The Kier molecular flexibility index (Phi) is 15.4. The van der Waals surface area contributed by atoms with E-state index >= 15 is 0 Å². The van der Waals surface area contributed by atoms with Crippen LogP contribution in [0.3, 0.4) is 0 Å². The maximum Gasteiger partial charge on any atom is 3.00 e. The van der Waals surface area contributed by atoms with Gasteiger partial charge in [0.05, 0.1) is 0 Å². The van der Waals surface area contributed by atoms with E-state index in [2.05, 4.69) is 91.3 Å². The fourth-order valence-electron chi connectivity index (χ4n) is 2.14. The van der Waals surface area contributed by atoms with Crippen molar-refractivity contribution in [3.8, 4) is 0 Å². The second-order valence-electron chi connectivity index (χ2n) is 5.18. The van der Waals surface area contributed by atoms with E-state index in [0.29, 0.717) is 0 Å². The van der Waals surface area contributed by atoms with Crippen LogP contribution < -0.4 is 0 Å². The van der Waals surface area contributed by atoms with Gasteiger partial charge < -0.3 is 6.42 Å². The van der Waals surface area contributed by atoms with Crippen molar-refractivity contribution in [3.63, 3.8) is 0 Å². The van der Waals surface area contributed by atoms with Gasteiger partial charge >= 0.3 is 26.2 Å². The van der Waals surface area contributed by atoms with E-state index in [0.717, 1.165) is 0 Å². The van der Waals surface area contributed by atoms with Crippen molar-refractivity contribution in [2.45, 2.75) is 12.8 Å². The van der Waals surface area contributed by atoms with Gasteiger partial charge in [0.15, 0.2) is 0 Å². The van der Waals surface area contributed by atoms with Crippen LogP contribution in [-0.4, -0.2) is 11.0 Å². The van der Waals surface area contributed by atoms with Gasteiger partial charge in [0.1, 0.15) is 0 Å². The van der Waals surface area contributed by atoms with Crippen molar-refractivity contribution < 1.29 is 26.2 Å². The Hall–Kier alpha value is -0.660. The SMILES string of the molecule is Cl.Cl.[CH-]1CC1.[Si].[Zr+3].c1ccc2[cH-]ccc2c1.c1ccc2[cH-]ccc2c1. The Labute approximate surface area is 186 Å². The Morgan fingerprint density at radius 1 is 0.600 bits per heavy atom. The third kappa shape index (κ3) is 9.01. The van der Waals surface area contributed by atoms with Gasteiger partial charge in [-0.25, -0.2) is 12.8 Å². The molecule has 0 aliphatic heterocycles. The number of hydrogen-bond acceptors (Lipinski definition) is 0. The molecule has 0 unspecified atom stereocenters. The Bertz CT molecular complexity index is 676. The molecular weight excluding hydrogens is 442 g/mol. The first-order valence-corrected chi connectivity index (χ1v) is 7.46. The van der Waals surface area contributed by atoms with Crippen LogP contribution in [0.4, 0.5) is 0 Å². The van der Waals surface area contributed by atoms with Gasteiger partial charge in [-0.05, 0) is 0 Å². The number of halogens is 2. The maximum atomic E-state index is 2.25. The van der Waals surface area contributed by atoms with Crippen LogP contribution in [0.15, 0.2) is 84.9 Å². The largest absolute Gasteiger partial charge is 3.00 e. The molecule has 0 amide bonds. The summed E-state index contributed by atoms with van der Waals surface area (Å²) in [6.07, 6.45) is 5.00. The van der Waals surface area contributed by atoms with Gasteiger partial charge in [-0.3, -0.25) is 0 Å². The molecule has 0 saturated heterocycles. The summed E-state index contributed by atoms with van der Waals surface area (Å²) >= 11 is 0. The number of rotatable bonds is 0. The van der Waals surface area contributed by atoms with E-state index in [1.54, 1.807) is 0 Å². The van der Waals surface area contributed by atoms with Gasteiger partial charge in [-0.1, -0.05) is 12.1 Å². The van der Waals surface area contributed by atoms with Crippen molar-refractivity contribution in [1.82, 2.24) is 0 Å². The minimum atomic E-state index is 0. The Morgan fingerprint density at radius 2 is 0.960 bits per heavy atom. The second kappa shape index (κ2) is 14.5. The minimum Gasteiger partial charge on any atom is -0.333 e. The van der Waals surface area contributed by atoms with Crippen LogP contribution in [-0.2, 0) is 26.2 Å². The van der Waals surface area contributed by atoms with Crippen LogP contribution in [0.25, 0.3) is 21.5 Å². The van der Waals surface area contributed by atoms with Crippen molar-refractivity contribution in [2.75, 3.05) is 0 Å². The van der Waals surface area contributed by atoms with E-state index in [-0.39, 0.29) is 62.0 Å². The topological polar surface area (TPSA) is 0 Å². The monoisotopic (exact) mass is 461 g/mol. The zero-order chi connectivity index (χ0) is 14.3. The molecule has 4 aromatic rings. The maximum absolute atomic E-state index is 2.25. The summed E-state index contributed by atoms with van der Waals surface area (Å²) in [5.41, 5.74) is 0. The molecule has 1 aliphatic carbocycles. The molecule has 127 valence electrons. The van der Waals surface area contributed by atoms with E-state index in [9.17, 15) is 0 Å². The zero-order valence-corrected chi connectivity index (χ0v) is 19.0. The first-order chi connectivity index (χ1) is 10.4. The molecule has 1 fully saturated rings. The minimum absolute atomic E-state index is 0. The van der Waals surface area contributed by atoms with E-state index in [1.165, 1.54) is 34.4 Å². The third-order valence-electron chi connectivity index (χ3n) is 3.38. The first kappa shape index (κ1) is 26.6. The smallest absolute Gasteiger partial charge is 0.333 e. The van der Waals surface area contributed by atoms with Gasteiger partial charge in [0.2, 0.25) is 0 Å². The molecule has 1 aliphatic rings. The van der Waals surface area contributed by atoms with Crippen LogP contribution in [0.2, 0.25) is 0 Å². The van der Waals surface area contributed by atoms with Crippen molar-refractivity contribution in [2.24, 2.45) is 0 Å². The number of benzene rings is 2. The number of hydrogen-bond donors (Lipinski definition) is 0. The summed E-state index contributed by atoms with van der Waals surface area (Å²) in [6, 6.07) is 29.3. The summed E-state index contributed by atoms with van der Waals surface area (Å²) in [4.78, 5) is 0. The average Bonchev–Trinajstić information content (AvgIpc) is 3.21. The van der Waals surface area contributed by atoms with Crippen molar-refractivity contribution in [3.05, 3.63) is 91.3 Å². The summed E-state index contributed by atoms with van der Waals surface area (Å²) in [7, 11) is 0. The van der Waals surface area contributed by atoms with E-state index < -0.39 is 0 Å². The molecule has 5 rings (SSSR count). The molecule has 4 heteroatoms. The van der Waals surface area contributed by atoms with Crippen molar-refractivity contribution >= 4 is 57.3 Å². The van der Waals surface area contributed by atoms with Gasteiger partial charge in [0.25, 0.3) is 0 Å². The normalized spacial score (nSPS) is 10.2. The Morgan fingerprint density at radius 3 is 1.28 bits per heavy atom. The molecule has 5 radical (unpaired) electrons. The molecule has 0 atom stereocenters. The van der Waals surface area contributed by atoms with Crippen LogP contribution in [0.1, 0.15) is 12.8 Å². The summed E-state index contributed by atoms with van der Waals surface area (Å²) in [5, 5.41) is 5.32. The van der Waals surface area contributed by atoms with Gasteiger partial charge in [-0.15, -0.1) is 84.1 Å². The van der Waals surface area contributed by atoms with Crippen LogP contribution in [0, 0.1) is 6.42 Å². The standard InChI is InChI=1S/2C9H7.C3H5.2ClH.Si.Zr/c2*1-2-5-9-7-3-6-8(9)4-1;1-2-3-1;;;;/h2*1-7H;1H,2-3H2;2*1H;;/q3*-1;;;;+3. The molecular formula is C21H21Cl2SiZr. The van der Waals surface area contributed by atoms with E-state index in [1.807, 2.05) is 0 Å². The number of fused-ring (bicyclic) bond motifs is 2. The summed E-state index contributed by atoms with van der Waals surface area (Å²) in [5.74, 6) is 0. The van der Waals surface area contributed by atoms with Crippen molar-refractivity contribution in [1.29, 1.82) is 0 Å². The molecule has 0 spiro atoms. The fourth-order valence-corrected chi connectivity index (χ4v) is 2.14. The quantitative estimate of drug-likeness (QED) is 0.205. The molecule has 0 heterocycles. The molecule has 25 heavy (non-hydrogen) atoms. The summed E-state index contributed by atoms with van der Waals surface area (Å²) < 4.78 is 0. The molecule has 1 saturated carbocycles. The molecule has 0 aromatic heterocycles. The molecule has 0 nitrogen and oxygen atoms in total. The van der Waals surface area contributed by atoms with E-state index in [4.69, 9.17) is 0 Å². The predicted octanol–water partition coefficient (Wildman–Crippen LogP) is 6.56. The third-order valence-corrected chi connectivity index (χ3v) is 3.38. The summed E-state index contributed by atoms with van der Waals surface area (Å²) in [6.45, 7) is 0. The van der Waals surface area contributed by atoms with Crippen LogP contribution in [0.5, 0.6) is 0 Å². The van der Waals surface area contributed by atoms with Gasteiger partial charge in [0, 0.05) is 11.0 Å². The molecule has 4 aromatic carbocycles. The van der Waals surface area contributed by atoms with Crippen LogP contribution >= 0.6 is 24.8 Å². The zero-order valence-electron chi connectivity index (χ0n) is 13.9. The molecule has 0 N–H and O–H groups in total. The van der Waals surface area contributed by atoms with Gasteiger partial charge in [-0.2, -0.15) is 35.0 Å².